The molecule has 0 aliphatic carbocycles. The Morgan fingerprint density at radius 2 is 1.44 bits per heavy atom. The van der Waals surface area contributed by atoms with Crippen molar-refractivity contribution >= 4 is 56.8 Å². The van der Waals surface area contributed by atoms with E-state index in [1.165, 1.54) is 11.3 Å². The van der Waals surface area contributed by atoms with Crippen LogP contribution in [0.1, 0.15) is 29.7 Å². The summed E-state index contributed by atoms with van der Waals surface area (Å²) in [6.45, 7) is 1.97. The molecule has 9 heteroatoms. The zero-order valence-electron chi connectivity index (χ0n) is 29.5. The first kappa shape index (κ1) is 35.5. The molecule has 0 N–H and O–H groups in total. The first-order chi connectivity index (χ1) is 26.4. The van der Waals surface area contributed by atoms with Crippen LogP contribution in [0.5, 0.6) is 0 Å². The van der Waals surface area contributed by atoms with E-state index in [2.05, 4.69) is 63.0 Å². The summed E-state index contributed by atoms with van der Waals surface area (Å²) in [7, 11) is 0. The Morgan fingerprint density at radius 1 is 0.833 bits per heavy atom. The lowest BCUT2D eigenvalue weighted by Gasteiger charge is -2.26. The Balaban J connectivity index is 1.42. The molecule has 0 unspecified atom stereocenters. The molecule has 1 aliphatic rings. The van der Waals surface area contributed by atoms with Crippen LogP contribution in [0.15, 0.2) is 170 Å². The maximum absolute atomic E-state index is 14.9. The molecule has 1 atom stereocenters. The van der Waals surface area contributed by atoms with Gasteiger partial charge in [0.25, 0.3) is 5.56 Å². The molecule has 266 valence electrons. The number of ether oxygens (including phenoxy) is 1. The van der Waals surface area contributed by atoms with Gasteiger partial charge in [-0.2, -0.15) is 0 Å². The van der Waals surface area contributed by atoms with Crippen LogP contribution in [0.25, 0.3) is 40.0 Å². The highest BCUT2D eigenvalue weighted by atomic mass is 79.9. The number of hydrogen-bond donors (Lipinski definition) is 0. The lowest BCUT2D eigenvalue weighted by molar-refractivity contribution is -0.138. The molecule has 0 bridgehead atoms. The fourth-order valence-corrected chi connectivity index (χ4v) is 8.56. The van der Waals surface area contributed by atoms with Crippen LogP contribution in [0.2, 0.25) is 0 Å². The Morgan fingerprint density at radius 3 is 2.06 bits per heavy atom. The number of rotatable bonds is 9. The van der Waals surface area contributed by atoms with Crippen LogP contribution < -0.4 is 14.9 Å². The van der Waals surface area contributed by atoms with Crippen molar-refractivity contribution in [3.8, 4) is 28.2 Å². The molecule has 0 radical (unpaired) electrons. The monoisotopic (exact) mass is 807 g/mol. The van der Waals surface area contributed by atoms with Crippen LogP contribution in [0.3, 0.4) is 0 Å². The number of hydrogen-bond acceptors (Lipinski definition) is 6. The fourth-order valence-electron chi connectivity index (χ4n) is 6.89. The molecule has 0 saturated carbocycles. The molecule has 0 spiro atoms. The van der Waals surface area contributed by atoms with E-state index in [-0.39, 0.29) is 12.2 Å². The molecule has 2 aromatic heterocycles. The second kappa shape index (κ2) is 15.5. The summed E-state index contributed by atoms with van der Waals surface area (Å²) in [5, 5.41) is 0. The van der Waals surface area contributed by atoms with Crippen molar-refractivity contribution in [2.45, 2.75) is 17.9 Å². The number of esters is 1. The minimum atomic E-state index is -0.755. The first-order valence-corrected chi connectivity index (χ1v) is 20.3. The number of thiazole rings is 1. The van der Waals surface area contributed by atoms with E-state index < -0.39 is 12.0 Å². The molecule has 3 heterocycles. The summed E-state index contributed by atoms with van der Waals surface area (Å²) >= 11 is 6.56. The highest BCUT2D eigenvalue weighted by Gasteiger charge is 2.35. The lowest BCUT2D eigenvalue weighted by Crippen LogP contribution is -2.40. The van der Waals surface area contributed by atoms with Gasteiger partial charge in [-0.25, -0.2) is 9.79 Å². The summed E-state index contributed by atoms with van der Waals surface area (Å²) < 4.78 is 11.1. The molecule has 7 aromatic rings. The van der Waals surface area contributed by atoms with Gasteiger partial charge >= 0.3 is 5.97 Å². The second-order valence-corrected chi connectivity index (χ2v) is 15.4. The molecule has 6 nitrogen and oxygen atoms in total. The number of halogens is 1. The minimum Gasteiger partial charge on any atom is -0.463 e. The lowest BCUT2D eigenvalue weighted by atomic mass is 9.93. The maximum atomic E-state index is 14.9. The predicted molar refractivity (Wildman–Crippen MR) is 224 cm³/mol. The molecule has 5 aromatic carbocycles. The number of nitrogens with zero attached hydrogens (tertiary/aromatic N) is 3. The first-order valence-electron chi connectivity index (χ1n) is 17.5. The summed E-state index contributed by atoms with van der Waals surface area (Å²) in [6, 6.07) is 47.8. The number of thioether (sulfide) groups is 1. The largest absolute Gasteiger partial charge is 0.463 e. The van der Waals surface area contributed by atoms with Gasteiger partial charge in [-0.1, -0.05) is 130 Å². The van der Waals surface area contributed by atoms with Gasteiger partial charge in [0.05, 0.1) is 39.8 Å². The van der Waals surface area contributed by atoms with Crippen molar-refractivity contribution in [3.05, 3.63) is 192 Å². The second-order valence-electron chi connectivity index (χ2n) is 12.6. The topological polar surface area (TPSA) is 65.6 Å². The summed E-state index contributed by atoms with van der Waals surface area (Å²) in [6.07, 6.45) is 3.99. The van der Waals surface area contributed by atoms with E-state index in [1.807, 2.05) is 115 Å². The minimum absolute atomic E-state index is 0.189. The van der Waals surface area contributed by atoms with Crippen molar-refractivity contribution in [2.75, 3.05) is 12.9 Å². The number of benzene rings is 5. The summed E-state index contributed by atoms with van der Waals surface area (Å²) in [4.78, 5) is 35.5. The number of aromatic nitrogens is 2. The predicted octanol–water partition coefficient (Wildman–Crippen LogP) is 9.54. The number of carbonyl (C=O) groups is 1. The third-order valence-corrected chi connectivity index (χ3v) is 11.6. The third kappa shape index (κ3) is 6.75. The van der Waals surface area contributed by atoms with E-state index in [0.717, 1.165) is 54.3 Å². The number of fused-ring (bicyclic) bond motifs is 1. The van der Waals surface area contributed by atoms with Crippen molar-refractivity contribution in [1.29, 1.82) is 0 Å². The van der Waals surface area contributed by atoms with Crippen LogP contribution in [-0.4, -0.2) is 28.0 Å². The normalized spacial score (nSPS) is 14.1. The fraction of sp³-hybridized carbons (Fsp3) is 0.0889. The maximum Gasteiger partial charge on any atom is 0.338 e. The van der Waals surface area contributed by atoms with Gasteiger partial charge in [-0.05, 0) is 78.4 Å². The van der Waals surface area contributed by atoms with E-state index in [4.69, 9.17) is 9.73 Å². The van der Waals surface area contributed by atoms with E-state index in [1.54, 1.807) is 23.3 Å². The van der Waals surface area contributed by atoms with Crippen LogP contribution in [-0.2, 0) is 9.53 Å². The zero-order valence-corrected chi connectivity index (χ0v) is 32.7. The highest BCUT2D eigenvalue weighted by Crippen LogP contribution is 2.38. The quantitative estimate of drug-likeness (QED) is 0.108. The molecular weight excluding hydrogens is 775 g/mol. The van der Waals surface area contributed by atoms with Crippen molar-refractivity contribution in [2.24, 2.45) is 4.99 Å². The SMILES string of the molecule is CCOC(=O)C1=C(c2ccccc2)N=c2s/c(=C\c3cc(-c4ccccc4)n(-c4ccc(Br)cc4)c3-c3ccccc3)c(=O)n2[C@H]1c1ccc(SC)cc1. The number of carbonyl (C=O) groups excluding carboxylic acids is 1. The molecule has 0 saturated heterocycles. The Bertz CT molecular complexity index is 2680. The third-order valence-electron chi connectivity index (χ3n) is 9.32. The standard InChI is InChI=1S/C45H34BrN3O3S2/c1-3-52-44(51)39-40(30-15-9-5-10-16-30)47-45-49(42(39)32-19-25-36(53-2)26-20-32)43(50)38(54-45)28-33-27-37(29-13-7-4-8-14-29)48(35-23-21-34(46)22-24-35)41(33)31-17-11-6-12-18-31/h4-28,42H,3H2,1-2H3/b38-28-/t42-/m0/s1. The molecule has 1 aliphatic heterocycles. The molecular formula is C45H34BrN3O3S2. The van der Waals surface area contributed by atoms with Crippen LogP contribution in [0.4, 0.5) is 0 Å². The van der Waals surface area contributed by atoms with E-state index in [9.17, 15) is 9.59 Å². The Kier molecular flexibility index (Phi) is 10.2. The van der Waals surface area contributed by atoms with E-state index >= 15 is 0 Å². The van der Waals surface area contributed by atoms with Gasteiger partial charge in [-0.3, -0.25) is 9.36 Å². The van der Waals surface area contributed by atoms with Crippen molar-refractivity contribution in [3.63, 3.8) is 0 Å². The zero-order chi connectivity index (χ0) is 37.2. The molecule has 0 amide bonds. The molecule has 0 fully saturated rings. The van der Waals surface area contributed by atoms with E-state index in [0.29, 0.717) is 20.6 Å². The van der Waals surface area contributed by atoms with Gasteiger partial charge in [0.2, 0.25) is 0 Å². The van der Waals surface area contributed by atoms with Crippen molar-refractivity contribution < 1.29 is 9.53 Å². The van der Waals surface area contributed by atoms with Crippen molar-refractivity contribution in [1.82, 2.24) is 9.13 Å². The van der Waals surface area contributed by atoms with Gasteiger partial charge in [0.15, 0.2) is 4.80 Å². The summed E-state index contributed by atoms with van der Waals surface area (Å²) in [5.74, 6) is -0.501. The van der Waals surface area contributed by atoms with Crippen LogP contribution >= 0.6 is 39.0 Å². The molecule has 54 heavy (non-hydrogen) atoms. The Labute approximate surface area is 329 Å². The van der Waals surface area contributed by atoms with Gasteiger partial charge in [-0.15, -0.1) is 11.8 Å². The Hall–Kier alpha value is -5.48. The smallest absolute Gasteiger partial charge is 0.338 e. The van der Waals surface area contributed by atoms with Gasteiger partial charge in [0, 0.05) is 26.2 Å². The summed E-state index contributed by atoms with van der Waals surface area (Å²) in [5.41, 5.74) is 8.00. The average molecular weight is 809 g/mol. The highest BCUT2D eigenvalue weighted by molar-refractivity contribution is 9.10. The van der Waals surface area contributed by atoms with Crippen LogP contribution in [0, 0.1) is 0 Å². The van der Waals surface area contributed by atoms with Gasteiger partial charge in [0.1, 0.15) is 0 Å². The van der Waals surface area contributed by atoms with Gasteiger partial charge < -0.3 is 9.30 Å². The average Bonchev–Trinajstić information content (AvgIpc) is 3.75. The molecule has 8 rings (SSSR count).